The molecular formula is C21H19ClN4OS. The number of hydrogen-bond acceptors (Lipinski definition) is 4. The molecule has 7 heteroatoms. The molecule has 5 nitrogen and oxygen atoms in total. The lowest BCUT2D eigenvalue weighted by Crippen LogP contribution is -2.36. The molecule has 0 aliphatic carbocycles. The fourth-order valence-electron chi connectivity index (χ4n) is 3.86. The lowest BCUT2D eigenvalue weighted by Gasteiger charge is -2.34. The Bertz CT molecular complexity index is 1210. The molecule has 0 saturated carbocycles. The molecule has 0 amide bonds. The van der Waals surface area contributed by atoms with Gasteiger partial charge in [0.05, 0.1) is 12.1 Å². The Kier molecular flexibility index (Phi) is 4.34. The van der Waals surface area contributed by atoms with E-state index in [1.807, 2.05) is 30.3 Å². The predicted molar refractivity (Wildman–Crippen MR) is 114 cm³/mol. The van der Waals surface area contributed by atoms with Crippen molar-refractivity contribution in [3.05, 3.63) is 75.6 Å². The van der Waals surface area contributed by atoms with Crippen molar-refractivity contribution < 1.29 is 0 Å². The maximum atomic E-state index is 12.6. The molecule has 1 aliphatic heterocycles. The highest BCUT2D eigenvalue weighted by Gasteiger charge is 2.24. The summed E-state index contributed by atoms with van der Waals surface area (Å²) in [4.78, 5) is 23.8. The Morgan fingerprint density at radius 1 is 1.25 bits per heavy atom. The Morgan fingerprint density at radius 2 is 2.07 bits per heavy atom. The average molecular weight is 411 g/mol. The van der Waals surface area contributed by atoms with E-state index >= 15 is 0 Å². The van der Waals surface area contributed by atoms with Gasteiger partial charge < -0.3 is 9.55 Å². The third-order valence-corrected chi connectivity index (χ3v) is 6.81. The van der Waals surface area contributed by atoms with E-state index in [4.69, 9.17) is 16.6 Å². The largest absolute Gasteiger partial charge is 0.349 e. The summed E-state index contributed by atoms with van der Waals surface area (Å²) in [6.07, 6.45) is 2.12. The average Bonchev–Trinajstić information content (AvgIpc) is 3.32. The highest BCUT2D eigenvalue weighted by Crippen LogP contribution is 2.32. The van der Waals surface area contributed by atoms with Crippen LogP contribution in [0.4, 0.5) is 0 Å². The number of aromatic nitrogens is 3. The zero-order chi connectivity index (χ0) is 19.3. The van der Waals surface area contributed by atoms with Crippen molar-refractivity contribution in [3.63, 3.8) is 0 Å². The smallest absolute Gasteiger partial charge is 0.268 e. The second-order valence-corrected chi connectivity index (χ2v) is 8.61. The maximum absolute atomic E-state index is 12.6. The fraction of sp³-hybridized carbons (Fsp3) is 0.238. The van der Waals surface area contributed by atoms with Gasteiger partial charge in [-0.05, 0) is 42.8 Å². The molecule has 4 heterocycles. The normalized spacial score (nSPS) is 17.1. The van der Waals surface area contributed by atoms with Crippen LogP contribution in [0.5, 0.6) is 0 Å². The standard InChI is InChI=1S/C21H19ClN4OS/c1-13-17-3-2-8-25(17)9-10-26(13)12-19-23-16-11-18(28-20(16)21(27)24-19)14-4-6-15(22)7-5-14/h2-8,11,13H,9-10,12H2,1H3,(H,23,24,27). The summed E-state index contributed by atoms with van der Waals surface area (Å²) >= 11 is 7.45. The minimum Gasteiger partial charge on any atom is -0.349 e. The zero-order valence-electron chi connectivity index (χ0n) is 15.4. The van der Waals surface area contributed by atoms with E-state index < -0.39 is 0 Å². The summed E-state index contributed by atoms with van der Waals surface area (Å²) in [7, 11) is 0. The van der Waals surface area contributed by atoms with Crippen molar-refractivity contribution in [3.8, 4) is 10.4 Å². The van der Waals surface area contributed by atoms with E-state index in [0.29, 0.717) is 22.1 Å². The molecular weight excluding hydrogens is 392 g/mol. The Hall–Kier alpha value is -2.41. The van der Waals surface area contributed by atoms with Gasteiger partial charge in [0, 0.05) is 40.9 Å². The summed E-state index contributed by atoms with van der Waals surface area (Å²) in [6.45, 7) is 4.72. The van der Waals surface area contributed by atoms with Crippen LogP contribution in [-0.2, 0) is 13.1 Å². The lowest BCUT2D eigenvalue weighted by molar-refractivity contribution is 0.157. The predicted octanol–water partition coefficient (Wildman–Crippen LogP) is 4.68. The lowest BCUT2D eigenvalue weighted by atomic mass is 10.1. The fourth-order valence-corrected chi connectivity index (χ4v) is 4.98. The van der Waals surface area contributed by atoms with E-state index in [0.717, 1.165) is 29.0 Å². The van der Waals surface area contributed by atoms with Crippen LogP contribution in [0, 0.1) is 0 Å². The van der Waals surface area contributed by atoms with Crippen molar-refractivity contribution in [1.82, 2.24) is 19.4 Å². The van der Waals surface area contributed by atoms with Gasteiger partial charge in [0.25, 0.3) is 5.56 Å². The molecule has 0 fully saturated rings. The number of nitrogens with one attached hydrogen (secondary N) is 1. The molecule has 3 aromatic heterocycles. The van der Waals surface area contributed by atoms with E-state index in [1.165, 1.54) is 17.0 Å². The van der Waals surface area contributed by atoms with Gasteiger partial charge in [-0.1, -0.05) is 23.7 Å². The molecule has 0 radical (unpaired) electrons. The maximum Gasteiger partial charge on any atom is 0.268 e. The molecule has 4 aromatic rings. The molecule has 1 aliphatic rings. The first-order valence-electron chi connectivity index (χ1n) is 9.26. The number of thiophene rings is 1. The monoisotopic (exact) mass is 410 g/mol. The van der Waals surface area contributed by atoms with Crippen LogP contribution in [0.2, 0.25) is 5.02 Å². The van der Waals surface area contributed by atoms with Gasteiger partial charge in [0.2, 0.25) is 0 Å². The first-order chi connectivity index (χ1) is 13.6. The van der Waals surface area contributed by atoms with Crippen LogP contribution in [0.3, 0.4) is 0 Å². The summed E-state index contributed by atoms with van der Waals surface area (Å²) in [6, 6.07) is 14.2. The zero-order valence-corrected chi connectivity index (χ0v) is 16.9. The number of rotatable bonds is 3. The molecule has 28 heavy (non-hydrogen) atoms. The number of hydrogen-bond donors (Lipinski definition) is 1. The number of benzene rings is 1. The minimum atomic E-state index is -0.0711. The first kappa shape index (κ1) is 17.7. The van der Waals surface area contributed by atoms with E-state index in [9.17, 15) is 4.79 Å². The number of H-pyrrole nitrogens is 1. The molecule has 0 bridgehead atoms. The van der Waals surface area contributed by atoms with Crippen LogP contribution >= 0.6 is 22.9 Å². The van der Waals surface area contributed by atoms with Gasteiger partial charge >= 0.3 is 0 Å². The van der Waals surface area contributed by atoms with Crippen LogP contribution in [0.25, 0.3) is 20.7 Å². The molecule has 1 unspecified atom stereocenters. The molecule has 1 aromatic carbocycles. The molecule has 1 N–H and O–H groups in total. The summed E-state index contributed by atoms with van der Waals surface area (Å²) < 4.78 is 2.95. The molecule has 0 spiro atoms. The molecule has 0 saturated heterocycles. The van der Waals surface area contributed by atoms with Gasteiger partial charge in [0.15, 0.2) is 0 Å². The second-order valence-electron chi connectivity index (χ2n) is 7.12. The third kappa shape index (κ3) is 3.07. The van der Waals surface area contributed by atoms with Crippen LogP contribution in [0.15, 0.2) is 53.5 Å². The van der Waals surface area contributed by atoms with Crippen LogP contribution < -0.4 is 5.56 Å². The number of halogens is 1. The summed E-state index contributed by atoms with van der Waals surface area (Å²) in [5.41, 5.74) is 3.02. The molecule has 142 valence electrons. The highest BCUT2D eigenvalue weighted by atomic mass is 35.5. The van der Waals surface area contributed by atoms with Gasteiger partial charge in [-0.25, -0.2) is 4.98 Å². The third-order valence-electron chi connectivity index (χ3n) is 5.38. The van der Waals surface area contributed by atoms with Gasteiger partial charge in [0.1, 0.15) is 10.5 Å². The van der Waals surface area contributed by atoms with Crippen molar-refractivity contribution in [2.45, 2.75) is 26.1 Å². The van der Waals surface area contributed by atoms with Crippen molar-refractivity contribution in [2.75, 3.05) is 6.54 Å². The van der Waals surface area contributed by atoms with Crippen molar-refractivity contribution in [2.24, 2.45) is 0 Å². The number of fused-ring (bicyclic) bond motifs is 2. The Balaban J connectivity index is 1.46. The van der Waals surface area contributed by atoms with Crippen molar-refractivity contribution >= 4 is 33.2 Å². The van der Waals surface area contributed by atoms with Gasteiger partial charge in [-0.3, -0.25) is 9.69 Å². The first-order valence-corrected chi connectivity index (χ1v) is 10.5. The van der Waals surface area contributed by atoms with Crippen molar-refractivity contribution in [1.29, 1.82) is 0 Å². The minimum absolute atomic E-state index is 0.0711. The van der Waals surface area contributed by atoms with E-state index in [2.05, 4.69) is 39.7 Å². The Morgan fingerprint density at radius 3 is 2.89 bits per heavy atom. The van der Waals surface area contributed by atoms with E-state index in [-0.39, 0.29) is 11.6 Å². The molecule has 1 atom stereocenters. The Labute approximate surface area is 171 Å². The van der Waals surface area contributed by atoms with E-state index in [1.54, 1.807) is 0 Å². The molecule has 5 rings (SSSR count). The highest BCUT2D eigenvalue weighted by molar-refractivity contribution is 7.22. The summed E-state index contributed by atoms with van der Waals surface area (Å²) in [5, 5.41) is 0.699. The van der Waals surface area contributed by atoms with Crippen LogP contribution in [-0.4, -0.2) is 26.0 Å². The summed E-state index contributed by atoms with van der Waals surface area (Å²) in [5.74, 6) is 0.713. The topological polar surface area (TPSA) is 53.9 Å². The SMILES string of the molecule is CC1c2cccn2CCN1Cc1nc2cc(-c3ccc(Cl)cc3)sc2c(=O)[nH]1. The number of aromatic amines is 1. The van der Waals surface area contributed by atoms with Gasteiger partial charge in [-0.2, -0.15) is 0 Å². The van der Waals surface area contributed by atoms with Crippen LogP contribution in [0.1, 0.15) is 24.5 Å². The number of nitrogens with zero attached hydrogens (tertiary/aromatic N) is 3. The quantitative estimate of drug-likeness (QED) is 0.533. The second kappa shape index (κ2) is 6.88. The van der Waals surface area contributed by atoms with Gasteiger partial charge in [-0.15, -0.1) is 11.3 Å².